The highest BCUT2D eigenvalue weighted by molar-refractivity contribution is 7.86. The Bertz CT molecular complexity index is 1040. The van der Waals surface area contributed by atoms with E-state index >= 15 is 0 Å². The van der Waals surface area contributed by atoms with Crippen LogP contribution in [-0.2, 0) is 10.1 Å². The van der Waals surface area contributed by atoms with Crippen molar-refractivity contribution in [3.05, 3.63) is 52.6 Å². The first-order chi connectivity index (χ1) is 10.9. The van der Waals surface area contributed by atoms with Gasteiger partial charge in [0.2, 0.25) is 0 Å². The van der Waals surface area contributed by atoms with E-state index in [1.165, 1.54) is 0 Å². The Labute approximate surface area is 134 Å². The summed E-state index contributed by atoms with van der Waals surface area (Å²) in [5, 5.41) is 21.2. The van der Waals surface area contributed by atoms with Crippen molar-refractivity contribution in [1.82, 2.24) is 8.75 Å². The molecular formula is C14H10N2O5S2. The molecule has 9 heteroatoms. The maximum Gasteiger partial charge on any atom is 0.296 e. The number of aliphatic hydroxyl groups is 2. The van der Waals surface area contributed by atoms with Crippen LogP contribution < -0.4 is 0 Å². The first-order valence-corrected chi connectivity index (χ1v) is 8.78. The van der Waals surface area contributed by atoms with E-state index in [0.29, 0.717) is 16.7 Å². The third-order valence-corrected chi connectivity index (χ3v) is 5.40. The quantitative estimate of drug-likeness (QED) is 0.567. The lowest BCUT2D eigenvalue weighted by atomic mass is 9.81. The minimum Gasteiger partial charge on any atom is -0.384 e. The van der Waals surface area contributed by atoms with Gasteiger partial charge < -0.3 is 10.2 Å². The SMILES string of the molecule is O=S(=O)(O)c1cc2c(c3nsnc13)C(O)c1ccccc1C2O. The normalized spacial score (nSPS) is 20.3. The molecule has 4 rings (SSSR count). The number of hydrogen-bond acceptors (Lipinski definition) is 7. The number of rotatable bonds is 1. The number of aromatic nitrogens is 2. The zero-order chi connectivity index (χ0) is 16.4. The highest BCUT2D eigenvalue weighted by Gasteiger charge is 2.35. The van der Waals surface area contributed by atoms with E-state index in [1.807, 2.05) is 0 Å². The van der Waals surface area contributed by atoms with Gasteiger partial charge >= 0.3 is 0 Å². The van der Waals surface area contributed by atoms with Crippen LogP contribution in [0.3, 0.4) is 0 Å². The van der Waals surface area contributed by atoms with Gasteiger partial charge in [0, 0.05) is 5.56 Å². The van der Waals surface area contributed by atoms with E-state index in [0.717, 1.165) is 17.8 Å². The lowest BCUT2D eigenvalue weighted by Gasteiger charge is -2.29. The van der Waals surface area contributed by atoms with E-state index in [-0.39, 0.29) is 16.6 Å². The summed E-state index contributed by atoms with van der Waals surface area (Å²) in [6, 6.07) is 7.95. The third kappa shape index (κ3) is 2.02. The van der Waals surface area contributed by atoms with Crippen LogP contribution in [0, 0.1) is 0 Å². The summed E-state index contributed by atoms with van der Waals surface area (Å²) >= 11 is 0.772. The highest BCUT2D eigenvalue weighted by atomic mass is 32.2. The van der Waals surface area contributed by atoms with Gasteiger partial charge in [-0.3, -0.25) is 4.55 Å². The second-order valence-corrected chi connectivity index (χ2v) is 7.17. The van der Waals surface area contributed by atoms with Gasteiger partial charge in [-0.2, -0.15) is 17.2 Å². The van der Waals surface area contributed by atoms with Crippen LogP contribution in [0.5, 0.6) is 0 Å². The molecule has 1 aliphatic rings. The zero-order valence-corrected chi connectivity index (χ0v) is 13.0. The third-order valence-electron chi connectivity index (χ3n) is 4.01. The summed E-state index contributed by atoms with van der Waals surface area (Å²) < 4.78 is 40.6. The Balaban J connectivity index is 2.13. The van der Waals surface area contributed by atoms with Crippen LogP contribution >= 0.6 is 11.7 Å². The van der Waals surface area contributed by atoms with Crippen molar-refractivity contribution >= 4 is 32.9 Å². The molecule has 3 aromatic rings. The average Bonchev–Trinajstić information content (AvgIpc) is 2.99. The number of aliphatic hydroxyl groups excluding tert-OH is 2. The van der Waals surface area contributed by atoms with E-state index in [2.05, 4.69) is 8.75 Å². The summed E-state index contributed by atoms with van der Waals surface area (Å²) in [6.07, 6.45) is -2.19. The molecule has 0 fully saturated rings. The van der Waals surface area contributed by atoms with Crippen LogP contribution in [0.1, 0.15) is 34.5 Å². The van der Waals surface area contributed by atoms with Crippen molar-refractivity contribution in [3.63, 3.8) is 0 Å². The van der Waals surface area contributed by atoms with Gasteiger partial charge in [0.25, 0.3) is 10.1 Å². The molecule has 118 valence electrons. The minimum absolute atomic E-state index is 0.0121. The van der Waals surface area contributed by atoms with Crippen LogP contribution in [-0.4, -0.2) is 31.9 Å². The van der Waals surface area contributed by atoms with Crippen molar-refractivity contribution in [2.24, 2.45) is 0 Å². The number of fused-ring (bicyclic) bond motifs is 4. The van der Waals surface area contributed by atoms with Gasteiger partial charge in [-0.25, -0.2) is 0 Å². The Morgan fingerprint density at radius 1 is 0.957 bits per heavy atom. The second-order valence-electron chi connectivity index (χ2n) is 5.25. The number of benzene rings is 2. The van der Waals surface area contributed by atoms with Gasteiger partial charge in [0.05, 0.1) is 11.7 Å². The van der Waals surface area contributed by atoms with Gasteiger partial charge in [-0.15, -0.1) is 0 Å². The summed E-state index contributed by atoms with van der Waals surface area (Å²) in [5.41, 5.74) is 1.68. The van der Waals surface area contributed by atoms with E-state index in [1.54, 1.807) is 24.3 Å². The van der Waals surface area contributed by atoms with Crippen LogP contribution in [0.4, 0.5) is 0 Å². The number of nitrogens with zero attached hydrogens (tertiary/aromatic N) is 2. The molecule has 2 atom stereocenters. The molecule has 0 bridgehead atoms. The zero-order valence-electron chi connectivity index (χ0n) is 11.4. The largest absolute Gasteiger partial charge is 0.384 e. The smallest absolute Gasteiger partial charge is 0.296 e. The Morgan fingerprint density at radius 2 is 1.57 bits per heavy atom. The summed E-state index contributed by atoms with van der Waals surface area (Å²) in [7, 11) is -4.54. The summed E-state index contributed by atoms with van der Waals surface area (Å²) in [4.78, 5) is -0.425. The molecule has 7 nitrogen and oxygen atoms in total. The molecule has 23 heavy (non-hydrogen) atoms. The molecule has 0 saturated heterocycles. The first kappa shape index (κ1) is 14.7. The maximum atomic E-state index is 11.6. The van der Waals surface area contributed by atoms with E-state index in [4.69, 9.17) is 0 Å². The molecule has 0 radical (unpaired) electrons. The predicted octanol–water partition coefficient (Wildman–Crippen LogP) is 1.41. The molecule has 3 N–H and O–H groups in total. The minimum atomic E-state index is -4.54. The fraction of sp³-hybridized carbons (Fsp3) is 0.143. The summed E-state index contributed by atoms with van der Waals surface area (Å²) in [5.74, 6) is 0. The summed E-state index contributed by atoms with van der Waals surface area (Å²) in [6.45, 7) is 0. The van der Waals surface area contributed by atoms with Gasteiger partial charge in [0.1, 0.15) is 28.1 Å². The van der Waals surface area contributed by atoms with E-state index in [9.17, 15) is 23.2 Å². The van der Waals surface area contributed by atoms with E-state index < -0.39 is 27.2 Å². The standard InChI is InChI=1S/C14H10N2O5S2/c17-13-6-3-1-2-4-7(6)14(18)10-8(13)5-9(23(19,20)21)11-12(10)16-22-15-11/h1-5,13-14,17-18H,(H,19,20,21). The molecule has 2 unspecified atom stereocenters. The van der Waals surface area contributed by atoms with Crippen molar-refractivity contribution in [1.29, 1.82) is 0 Å². The molecule has 2 aromatic carbocycles. The fourth-order valence-corrected chi connectivity index (χ4v) is 4.29. The lowest BCUT2D eigenvalue weighted by molar-refractivity contribution is 0.174. The van der Waals surface area contributed by atoms with Gasteiger partial charge in [0.15, 0.2) is 0 Å². The average molecular weight is 350 g/mol. The van der Waals surface area contributed by atoms with Crippen molar-refractivity contribution in [3.8, 4) is 0 Å². The van der Waals surface area contributed by atoms with Crippen molar-refractivity contribution < 1.29 is 23.2 Å². The highest BCUT2D eigenvalue weighted by Crippen LogP contribution is 2.44. The first-order valence-electron chi connectivity index (χ1n) is 6.61. The predicted molar refractivity (Wildman–Crippen MR) is 81.8 cm³/mol. The van der Waals surface area contributed by atoms with Crippen LogP contribution in [0.25, 0.3) is 11.0 Å². The molecule has 1 aromatic heterocycles. The molecule has 0 spiro atoms. The van der Waals surface area contributed by atoms with Crippen molar-refractivity contribution in [2.75, 3.05) is 0 Å². The van der Waals surface area contributed by atoms with Crippen LogP contribution in [0.2, 0.25) is 0 Å². The van der Waals surface area contributed by atoms with Gasteiger partial charge in [-0.05, 0) is 22.8 Å². The second kappa shape index (κ2) is 4.79. The molecule has 1 aliphatic carbocycles. The maximum absolute atomic E-state index is 11.6. The fourth-order valence-electron chi connectivity index (χ4n) is 2.99. The molecule has 0 saturated carbocycles. The molecule has 0 amide bonds. The van der Waals surface area contributed by atoms with Crippen molar-refractivity contribution in [2.45, 2.75) is 17.1 Å². The topological polar surface area (TPSA) is 121 Å². The van der Waals surface area contributed by atoms with Gasteiger partial charge in [-0.1, -0.05) is 24.3 Å². The molecular weight excluding hydrogens is 340 g/mol. The Hall–Kier alpha value is -1.91. The number of hydrogen-bond donors (Lipinski definition) is 3. The molecule has 1 heterocycles. The lowest BCUT2D eigenvalue weighted by Crippen LogP contribution is -2.19. The van der Waals surface area contributed by atoms with Crippen LogP contribution in [0.15, 0.2) is 35.2 Å². The Morgan fingerprint density at radius 3 is 2.22 bits per heavy atom. The monoisotopic (exact) mass is 350 g/mol. The Kier molecular flexibility index (Phi) is 3.06. The molecule has 0 aliphatic heterocycles.